The van der Waals surface area contributed by atoms with Crippen molar-refractivity contribution in [1.29, 1.82) is 5.26 Å². The van der Waals surface area contributed by atoms with E-state index in [1.165, 1.54) is 25.7 Å². The van der Waals surface area contributed by atoms with E-state index in [9.17, 15) is 8.42 Å². The number of hydrogen-bond acceptors (Lipinski definition) is 3. The molecule has 1 aromatic carbocycles. The van der Waals surface area contributed by atoms with E-state index in [1.54, 1.807) is 24.3 Å². The van der Waals surface area contributed by atoms with Gasteiger partial charge in [0, 0.05) is 6.54 Å². The van der Waals surface area contributed by atoms with Crippen LogP contribution in [0.4, 0.5) is 0 Å². The summed E-state index contributed by atoms with van der Waals surface area (Å²) in [6.45, 7) is 0.507. The van der Waals surface area contributed by atoms with Crippen molar-refractivity contribution in [3.05, 3.63) is 29.8 Å². The molecule has 0 atom stereocenters. The Hall–Kier alpha value is -1.38. The Kier molecular flexibility index (Phi) is 5.16. The summed E-state index contributed by atoms with van der Waals surface area (Å²) in [5.41, 5.74) is 0.831. The molecule has 1 saturated carbocycles. The molecule has 0 saturated heterocycles. The molecule has 0 spiro atoms. The Morgan fingerprint density at radius 3 is 2.45 bits per heavy atom. The van der Waals surface area contributed by atoms with Crippen LogP contribution >= 0.6 is 0 Å². The van der Waals surface area contributed by atoms with Gasteiger partial charge in [0.2, 0.25) is 10.0 Å². The summed E-state index contributed by atoms with van der Waals surface area (Å²) >= 11 is 0. The lowest BCUT2D eigenvalue weighted by Gasteiger charge is -2.10. The van der Waals surface area contributed by atoms with Crippen molar-refractivity contribution in [3.63, 3.8) is 0 Å². The molecule has 0 bridgehead atoms. The lowest BCUT2D eigenvalue weighted by atomic mass is 10.1. The van der Waals surface area contributed by atoms with Crippen LogP contribution in [-0.4, -0.2) is 15.0 Å². The minimum atomic E-state index is -3.42. The van der Waals surface area contributed by atoms with Crippen LogP contribution in [0.3, 0.4) is 0 Å². The first-order valence-corrected chi connectivity index (χ1v) is 8.56. The minimum absolute atomic E-state index is 0.269. The topological polar surface area (TPSA) is 70.0 Å². The smallest absolute Gasteiger partial charge is 0.211 e. The van der Waals surface area contributed by atoms with Crippen LogP contribution in [0.15, 0.2) is 29.2 Å². The minimum Gasteiger partial charge on any atom is -0.211 e. The maximum Gasteiger partial charge on any atom is 0.240 e. The molecule has 1 aromatic rings. The van der Waals surface area contributed by atoms with Gasteiger partial charge in [0.05, 0.1) is 17.4 Å². The van der Waals surface area contributed by atoms with Crippen molar-refractivity contribution < 1.29 is 8.42 Å². The van der Waals surface area contributed by atoms with Gasteiger partial charge >= 0.3 is 0 Å². The van der Waals surface area contributed by atoms with Crippen LogP contribution in [0, 0.1) is 17.2 Å². The largest absolute Gasteiger partial charge is 0.240 e. The second-order valence-electron chi connectivity index (χ2n) is 5.32. The van der Waals surface area contributed by atoms with E-state index >= 15 is 0 Å². The summed E-state index contributed by atoms with van der Waals surface area (Å²) in [6, 6.07) is 8.54. The molecule has 0 aliphatic heterocycles. The second kappa shape index (κ2) is 6.87. The first-order chi connectivity index (χ1) is 9.62. The molecule has 0 unspecified atom stereocenters. The number of benzene rings is 1. The van der Waals surface area contributed by atoms with Crippen LogP contribution in [0.5, 0.6) is 0 Å². The van der Waals surface area contributed by atoms with E-state index in [4.69, 9.17) is 5.26 Å². The molecule has 1 fully saturated rings. The Balaban J connectivity index is 1.90. The molecule has 20 heavy (non-hydrogen) atoms. The van der Waals surface area contributed by atoms with Crippen LogP contribution in [-0.2, 0) is 16.4 Å². The molecule has 1 N–H and O–H groups in total. The van der Waals surface area contributed by atoms with E-state index in [1.807, 2.05) is 6.07 Å². The highest BCUT2D eigenvalue weighted by atomic mass is 32.2. The maximum atomic E-state index is 12.1. The van der Waals surface area contributed by atoms with Gasteiger partial charge in [-0.05, 0) is 30.0 Å². The zero-order valence-electron chi connectivity index (χ0n) is 11.5. The van der Waals surface area contributed by atoms with Gasteiger partial charge in [-0.25, -0.2) is 13.1 Å². The highest BCUT2D eigenvalue weighted by Gasteiger charge is 2.17. The summed E-state index contributed by atoms with van der Waals surface area (Å²) in [6.07, 6.45) is 6.23. The highest BCUT2D eigenvalue weighted by molar-refractivity contribution is 7.89. The molecule has 108 valence electrons. The number of nitriles is 1. The lowest BCUT2D eigenvalue weighted by Crippen LogP contribution is -2.25. The predicted molar refractivity (Wildman–Crippen MR) is 77.5 cm³/mol. The van der Waals surface area contributed by atoms with E-state index in [-0.39, 0.29) is 4.90 Å². The van der Waals surface area contributed by atoms with Gasteiger partial charge in [0.25, 0.3) is 0 Å². The average molecular weight is 292 g/mol. The summed E-state index contributed by atoms with van der Waals surface area (Å²) in [4.78, 5) is 0.269. The highest BCUT2D eigenvalue weighted by Crippen LogP contribution is 2.27. The van der Waals surface area contributed by atoms with Gasteiger partial charge in [-0.3, -0.25) is 0 Å². The van der Waals surface area contributed by atoms with Gasteiger partial charge in [-0.2, -0.15) is 5.26 Å². The summed E-state index contributed by atoms with van der Waals surface area (Å²) in [7, 11) is -3.42. The second-order valence-corrected chi connectivity index (χ2v) is 7.08. The molecule has 0 amide bonds. The van der Waals surface area contributed by atoms with Gasteiger partial charge < -0.3 is 0 Å². The normalized spacial score (nSPS) is 16.1. The number of sulfonamides is 1. The van der Waals surface area contributed by atoms with Gasteiger partial charge in [0.1, 0.15) is 0 Å². The average Bonchev–Trinajstić information content (AvgIpc) is 2.93. The molecule has 5 heteroatoms. The third kappa shape index (κ3) is 4.06. The Labute approximate surface area is 120 Å². The summed E-state index contributed by atoms with van der Waals surface area (Å²) in [5.74, 6) is 0.677. The van der Waals surface area contributed by atoms with Crippen LogP contribution < -0.4 is 4.72 Å². The number of nitrogens with zero attached hydrogens (tertiary/aromatic N) is 1. The third-order valence-corrected chi connectivity index (χ3v) is 5.31. The quantitative estimate of drug-likeness (QED) is 0.876. The number of rotatable bonds is 6. The molecule has 0 radical (unpaired) electrons. The van der Waals surface area contributed by atoms with E-state index in [0.29, 0.717) is 18.9 Å². The fraction of sp³-hybridized carbons (Fsp3) is 0.533. The monoisotopic (exact) mass is 292 g/mol. The van der Waals surface area contributed by atoms with Crippen LogP contribution in [0.2, 0.25) is 0 Å². The fourth-order valence-electron chi connectivity index (χ4n) is 2.66. The summed E-state index contributed by atoms with van der Waals surface area (Å²) in [5, 5.41) is 8.59. The molecule has 4 nitrogen and oxygen atoms in total. The zero-order chi connectivity index (χ0) is 14.4. The van der Waals surface area contributed by atoms with Gasteiger partial charge in [-0.15, -0.1) is 0 Å². The lowest BCUT2D eigenvalue weighted by molar-refractivity contribution is 0.495. The molecule has 2 rings (SSSR count). The van der Waals surface area contributed by atoms with Crippen molar-refractivity contribution in [3.8, 4) is 6.07 Å². The van der Waals surface area contributed by atoms with Gasteiger partial charge in [0.15, 0.2) is 0 Å². The van der Waals surface area contributed by atoms with Crippen molar-refractivity contribution in [2.45, 2.75) is 43.4 Å². The molecular weight excluding hydrogens is 272 g/mol. The zero-order valence-corrected chi connectivity index (χ0v) is 12.3. The molecule has 1 aliphatic carbocycles. The summed E-state index contributed by atoms with van der Waals surface area (Å²) < 4.78 is 26.9. The molecule has 0 aromatic heterocycles. The first-order valence-electron chi connectivity index (χ1n) is 7.07. The number of hydrogen-bond donors (Lipinski definition) is 1. The van der Waals surface area contributed by atoms with Crippen molar-refractivity contribution in [2.75, 3.05) is 6.54 Å². The Morgan fingerprint density at radius 1 is 1.20 bits per heavy atom. The van der Waals surface area contributed by atoms with Crippen LogP contribution in [0.25, 0.3) is 0 Å². The standard InChI is InChI=1S/C15H20N2O2S/c16-11-9-14-5-7-15(8-6-14)20(18,19)17-12-10-13-3-1-2-4-13/h5-8,13,17H,1-4,9-10,12H2. The predicted octanol–water partition coefficient (Wildman–Crippen LogP) is 2.61. The first kappa shape index (κ1) is 15.0. The molecule has 1 aliphatic rings. The third-order valence-electron chi connectivity index (χ3n) is 3.84. The van der Waals surface area contributed by atoms with Gasteiger partial charge in [-0.1, -0.05) is 37.8 Å². The Morgan fingerprint density at radius 2 is 1.85 bits per heavy atom. The van der Waals surface area contributed by atoms with Crippen molar-refractivity contribution in [2.24, 2.45) is 5.92 Å². The van der Waals surface area contributed by atoms with Crippen LogP contribution in [0.1, 0.15) is 37.7 Å². The van der Waals surface area contributed by atoms with E-state index in [0.717, 1.165) is 12.0 Å². The maximum absolute atomic E-state index is 12.1. The SMILES string of the molecule is N#CCc1ccc(S(=O)(=O)NCCC2CCCC2)cc1. The molecule has 0 heterocycles. The molecular formula is C15H20N2O2S. The van der Waals surface area contributed by atoms with E-state index < -0.39 is 10.0 Å². The number of nitrogens with one attached hydrogen (secondary N) is 1. The van der Waals surface area contributed by atoms with Crippen molar-refractivity contribution in [1.82, 2.24) is 4.72 Å². The fourth-order valence-corrected chi connectivity index (χ4v) is 3.71. The van der Waals surface area contributed by atoms with Crippen molar-refractivity contribution >= 4 is 10.0 Å². The van der Waals surface area contributed by atoms with E-state index in [2.05, 4.69) is 4.72 Å². The Bertz CT molecular complexity index is 567.